The number of nitrogens with zero attached hydrogens (tertiary/aromatic N) is 1. The Morgan fingerprint density at radius 3 is 2.38 bits per heavy atom. The van der Waals surface area contributed by atoms with Crippen LogP contribution < -0.4 is 0 Å². The van der Waals surface area contributed by atoms with Gasteiger partial charge in [-0.2, -0.15) is 0 Å². The number of allylic oxidation sites excluding steroid dienone is 7. The predicted octanol–water partition coefficient (Wildman–Crippen LogP) is 12.8. The molecule has 236 valence electrons. The van der Waals surface area contributed by atoms with Crippen molar-refractivity contribution in [1.29, 1.82) is 5.41 Å². The number of hydrogen-bond acceptors (Lipinski definition) is 1. The summed E-state index contributed by atoms with van der Waals surface area (Å²) in [5.41, 5.74) is 9.46. The molecule has 7 aromatic rings. The molecular formula is C45H41N3. The van der Waals surface area contributed by atoms with Gasteiger partial charge in [-0.1, -0.05) is 121 Å². The minimum Gasteiger partial charge on any atom is -0.359 e. The molecule has 3 heteroatoms. The van der Waals surface area contributed by atoms with E-state index >= 15 is 0 Å². The smallest absolute Gasteiger partial charge is 0.0771 e. The Balaban J connectivity index is 0.00000129. The van der Waals surface area contributed by atoms with Crippen molar-refractivity contribution in [3.05, 3.63) is 170 Å². The van der Waals surface area contributed by atoms with Crippen LogP contribution >= 0.6 is 0 Å². The SMILES string of the molecule is C=C/C=C(\C)C/C=C/c1ccc2c(ccc3c4ccc(-c5c[nH]c(C(=N)/C=C\C)c5)cc4n(-c4cccc5ccccc45)c23)c1.C=CC. The van der Waals surface area contributed by atoms with Crippen LogP contribution in [-0.4, -0.2) is 15.3 Å². The lowest BCUT2D eigenvalue weighted by Crippen LogP contribution is -1.96. The van der Waals surface area contributed by atoms with Crippen LogP contribution in [0.5, 0.6) is 0 Å². The third-order valence-corrected chi connectivity index (χ3v) is 8.57. The van der Waals surface area contributed by atoms with Gasteiger partial charge in [0.05, 0.1) is 28.1 Å². The van der Waals surface area contributed by atoms with Crippen molar-refractivity contribution in [2.75, 3.05) is 0 Å². The van der Waals surface area contributed by atoms with Crippen molar-refractivity contribution >= 4 is 55.1 Å². The normalized spacial score (nSPS) is 11.9. The van der Waals surface area contributed by atoms with E-state index in [0.29, 0.717) is 5.71 Å². The lowest BCUT2D eigenvalue weighted by atomic mass is 10.0. The number of aromatic nitrogens is 2. The second kappa shape index (κ2) is 14.2. The first-order chi connectivity index (χ1) is 23.5. The lowest BCUT2D eigenvalue weighted by Gasteiger charge is -2.13. The van der Waals surface area contributed by atoms with E-state index < -0.39 is 0 Å². The van der Waals surface area contributed by atoms with Gasteiger partial charge < -0.3 is 9.55 Å². The number of hydrogen-bond donors (Lipinski definition) is 2. The van der Waals surface area contributed by atoms with Crippen LogP contribution in [0, 0.1) is 5.41 Å². The zero-order valence-corrected chi connectivity index (χ0v) is 27.9. The number of H-pyrrole nitrogens is 1. The molecule has 0 spiro atoms. The Morgan fingerprint density at radius 2 is 1.56 bits per heavy atom. The monoisotopic (exact) mass is 623 g/mol. The maximum atomic E-state index is 8.37. The molecule has 0 amide bonds. The van der Waals surface area contributed by atoms with Crippen LogP contribution in [0.1, 0.15) is 38.4 Å². The predicted molar refractivity (Wildman–Crippen MR) is 211 cm³/mol. The highest BCUT2D eigenvalue weighted by Gasteiger charge is 2.18. The summed E-state index contributed by atoms with van der Waals surface area (Å²) in [6.07, 6.45) is 16.7. The van der Waals surface area contributed by atoms with Gasteiger partial charge in [0.25, 0.3) is 0 Å². The molecule has 7 rings (SSSR count). The Kier molecular flexibility index (Phi) is 9.50. The Bertz CT molecular complexity index is 2400. The average molecular weight is 624 g/mol. The summed E-state index contributed by atoms with van der Waals surface area (Å²) in [7, 11) is 0. The summed E-state index contributed by atoms with van der Waals surface area (Å²) in [6.45, 7) is 13.1. The van der Waals surface area contributed by atoms with Crippen LogP contribution in [0.3, 0.4) is 0 Å². The van der Waals surface area contributed by atoms with Gasteiger partial charge in [-0.05, 0) is 85.0 Å². The quantitative estimate of drug-likeness (QED) is 0.0961. The third-order valence-electron chi connectivity index (χ3n) is 8.57. The first kappa shape index (κ1) is 32.0. The van der Waals surface area contributed by atoms with Gasteiger partial charge in [0.15, 0.2) is 0 Å². The lowest BCUT2D eigenvalue weighted by molar-refractivity contribution is 1.20. The summed E-state index contributed by atoms with van der Waals surface area (Å²) in [6, 6.07) is 35.3. The van der Waals surface area contributed by atoms with Crippen molar-refractivity contribution in [3.63, 3.8) is 0 Å². The topological polar surface area (TPSA) is 44.6 Å². The molecule has 48 heavy (non-hydrogen) atoms. The van der Waals surface area contributed by atoms with Crippen LogP contribution in [0.2, 0.25) is 0 Å². The fraction of sp³-hybridized carbons (Fsp3) is 0.0889. The van der Waals surface area contributed by atoms with E-state index in [0.717, 1.165) is 34.4 Å². The summed E-state index contributed by atoms with van der Waals surface area (Å²) >= 11 is 0. The van der Waals surface area contributed by atoms with Crippen molar-refractivity contribution in [3.8, 4) is 16.8 Å². The minimum absolute atomic E-state index is 0.471. The average Bonchev–Trinajstić information content (AvgIpc) is 3.72. The molecule has 0 aliphatic rings. The number of aromatic amines is 1. The summed E-state index contributed by atoms with van der Waals surface area (Å²) in [5.74, 6) is 0. The van der Waals surface area contributed by atoms with Gasteiger partial charge in [0.1, 0.15) is 0 Å². The van der Waals surface area contributed by atoms with E-state index in [1.54, 1.807) is 6.08 Å². The van der Waals surface area contributed by atoms with Gasteiger partial charge in [0.2, 0.25) is 0 Å². The largest absolute Gasteiger partial charge is 0.359 e. The molecule has 0 unspecified atom stereocenters. The van der Waals surface area contributed by atoms with Crippen molar-refractivity contribution < 1.29 is 0 Å². The molecule has 2 heterocycles. The van der Waals surface area contributed by atoms with Gasteiger partial charge in [-0.3, -0.25) is 5.41 Å². The van der Waals surface area contributed by atoms with Crippen molar-refractivity contribution in [2.45, 2.75) is 27.2 Å². The van der Waals surface area contributed by atoms with Crippen molar-refractivity contribution in [2.24, 2.45) is 0 Å². The second-order valence-corrected chi connectivity index (χ2v) is 12.0. The highest BCUT2D eigenvalue weighted by atomic mass is 15.0. The van der Waals surface area contributed by atoms with Gasteiger partial charge in [0, 0.05) is 27.7 Å². The molecule has 0 fully saturated rings. The van der Waals surface area contributed by atoms with E-state index in [1.165, 1.54) is 49.0 Å². The number of benzene rings is 5. The van der Waals surface area contributed by atoms with Crippen LogP contribution in [0.4, 0.5) is 0 Å². The number of rotatable bonds is 8. The standard InChI is InChI=1S/C42H35N3.C3H6/c1-4-10-28(3)12-8-13-29-18-21-35-32(24-29)20-23-37-36-22-19-31(33-25-39(44-27-33)38(43)11-5-2)26-41(36)45(42(35)37)40-17-9-15-30-14-6-7-16-34(30)40;1-3-2/h4-11,13-27,43-44H,1,12H2,2-3H3;3H,1H2,2H3/b11-5-,13-8+,28-10+,43-38?;. The molecule has 2 aromatic heterocycles. The van der Waals surface area contributed by atoms with E-state index in [2.05, 4.69) is 145 Å². The molecule has 0 saturated carbocycles. The first-order valence-electron chi connectivity index (χ1n) is 16.4. The van der Waals surface area contributed by atoms with E-state index in [1.807, 2.05) is 38.3 Å². The fourth-order valence-corrected chi connectivity index (χ4v) is 6.41. The second-order valence-electron chi connectivity index (χ2n) is 12.0. The number of fused-ring (bicyclic) bond motifs is 6. The number of nitrogens with one attached hydrogen (secondary N) is 2. The zero-order chi connectivity index (χ0) is 33.6. The van der Waals surface area contributed by atoms with Crippen LogP contribution in [0.25, 0.3) is 66.2 Å². The van der Waals surface area contributed by atoms with Crippen LogP contribution in [0.15, 0.2) is 158 Å². The van der Waals surface area contributed by atoms with E-state index in [-0.39, 0.29) is 0 Å². The highest BCUT2D eigenvalue weighted by molar-refractivity contribution is 6.20. The highest BCUT2D eigenvalue weighted by Crippen LogP contribution is 2.40. The maximum Gasteiger partial charge on any atom is 0.0771 e. The summed E-state index contributed by atoms with van der Waals surface area (Å²) in [5, 5.41) is 15.7. The molecule has 2 N–H and O–H groups in total. The fourth-order valence-electron chi connectivity index (χ4n) is 6.41. The van der Waals surface area contributed by atoms with Crippen LogP contribution in [-0.2, 0) is 0 Å². The molecule has 0 bridgehead atoms. The van der Waals surface area contributed by atoms with Gasteiger partial charge in [-0.15, -0.1) is 6.58 Å². The Morgan fingerprint density at radius 1 is 0.792 bits per heavy atom. The first-order valence-corrected chi connectivity index (χ1v) is 16.4. The van der Waals surface area contributed by atoms with Crippen molar-refractivity contribution in [1.82, 2.24) is 9.55 Å². The molecule has 0 saturated heterocycles. The Hall–Kier alpha value is -5.93. The maximum absolute atomic E-state index is 8.37. The molecule has 0 aliphatic heterocycles. The summed E-state index contributed by atoms with van der Waals surface area (Å²) < 4.78 is 2.45. The molecule has 0 radical (unpaired) electrons. The van der Waals surface area contributed by atoms with Gasteiger partial charge in [-0.25, -0.2) is 0 Å². The molecule has 3 nitrogen and oxygen atoms in total. The molecule has 5 aromatic carbocycles. The van der Waals surface area contributed by atoms with Gasteiger partial charge >= 0.3 is 0 Å². The molecule has 0 atom stereocenters. The minimum atomic E-state index is 0.471. The zero-order valence-electron chi connectivity index (χ0n) is 27.9. The molecular weight excluding hydrogens is 583 g/mol. The molecule has 0 aliphatic carbocycles. The summed E-state index contributed by atoms with van der Waals surface area (Å²) in [4.78, 5) is 3.29. The van der Waals surface area contributed by atoms with E-state index in [4.69, 9.17) is 5.41 Å². The van der Waals surface area contributed by atoms with E-state index in [9.17, 15) is 0 Å². The third kappa shape index (κ3) is 6.23. The Labute approximate surface area is 283 Å².